The molecule has 0 bridgehead atoms. The summed E-state index contributed by atoms with van der Waals surface area (Å²) in [5.74, 6) is 2.11. The van der Waals surface area contributed by atoms with Crippen LogP contribution in [0.25, 0.3) is 0 Å². The van der Waals surface area contributed by atoms with Gasteiger partial charge in [-0.25, -0.2) is 9.97 Å². The molecule has 0 amide bonds. The fourth-order valence-electron chi connectivity index (χ4n) is 2.03. The maximum absolute atomic E-state index is 5.91. The highest BCUT2D eigenvalue weighted by atomic mass is 32.2. The molecule has 1 aromatic carbocycles. The number of hydrogen-bond acceptors (Lipinski definition) is 7. The van der Waals surface area contributed by atoms with Gasteiger partial charge in [-0.15, -0.1) is 0 Å². The van der Waals surface area contributed by atoms with E-state index >= 15 is 0 Å². The summed E-state index contributed by atoms with van der Waals surface area (Å²) in [6.07, 6.45) is 3.69. The van der Waals surface area contributed by atoms with Crippen LogP contribution in [0.15, 0.2) is 29.6 Å². The van der Waals surface area contributed by atoms with Crippen molar-refractivity contribution >= 4 is 17.6 Å². The van der Waals surface area contributed by atoms with Crippen LogP contribution in [0.1, 0.15) is 11.1 Å². The van der Waals surface area contributed by atoms with Crippen molar-refractivity contribution in [2.45, 2.75) is 18.2 Å². The Kier molecular flexibility index (Phi) is 4.12. The zero-order valence-electron chi connectivity index (χ0n) is 11.6. The molecule has 0 saturated carbocycles. The van der Waals surface area contributed by atoms with Crippen molar-refractivity contribution in [2.75, 3.05) is 18.8 Å². The molecule has 2 heterocycles. The van der Waals surface area contributed by atoms with Gasteiger partial charge in [0.25, 0.3) is 0 Å². The Bertz CT molecular complexity index is 651. The molecule has 0 saturated heterocycles. The highest BCUT2D eigenvalue weighted by Gasteiger charge is 2.13. The lowest BCUT2D eigenvalue weighted by Crippen LogP contribution is -2.15. The quantitative estimate of drug-likeness (QED) is 0.644. The second kappa shape index (κ2) is 6.19. The fourth-order valence-corrected chi connectivity index (χ4v) is 2.38. The summed E-state index contributed by atoms with van der Waals surface area (Å²) in [6.45, 7) is 1.62. The van der Waals surface area contributed by atoms with Gasteiger partial charge >= 0.3 is 0 Å². The van der Waals surface area contributed by atoms with E-state index in [-0.39, 0.29) is 0 Å². The number of nitrogens with one attached hydrogen (secondary N) is 1. The van der Waals surface area contributed by atoms with Crippen LogP contribution < -0.4 is 20.5 Å². The number of nitrogens with zero attached hydrogens (tertiary/aromatic N) is 2. The monoisotopic (exact) mass is 304 g/mol. The number of thioether (sulfide) groups is 1. The van der Waals surface area contributed by atoms with Crippen LogP contribution in [0.2, 0.25) is 0 Å². The van der Waals surface area contributed by atoms with Crippen LogP contribution in [-0.2, 0) is 13.1 Å². The lowest BCUT2D eigenvalue weighted by atomic mass is 10.2. The Balaban J connectivity index is 1.58. The summed E-state index contributed by atoms with van der Waals surface area (Å²) >= 11 is 1.48. The van der Waals surface area contributed by atoms with Gasteiger partial charge in [-0.3, -0.25) is 0 Å². The minimum absolute atomic E-state index is 0.294. The van der Waals surface area contributed by atoms with Crippen LogP contribution in [0.3, 0.4) is 0 Å². The average Bonchev–Trinajstić information content (AvgIpc) is 2.96. The molecule has 0 radical (unpaired) electrons. The number of aromatic nitrogens is 2. The third-order valence-electron chi connectivity index (χ3n) is 3.14. The number of hydrogen-bond donors (Lipinski definition) is 2. The first-order chi connectivity index (χ1) is 10.3. The van der Waals surface area contributed by atoms with Gasteiger partial charge in [-0.05, 0) is 24.0 Å². The van der Waals surface area contributed by atoms with Crippen molar-refractivity contribution < 1.29 is 9.47 Å². The smallest absolute Gasteiger partial charge is 0.231 e. The van der Waals surface area contributed by atoms with E-state index in [9.17, 15) is 0 Å². The fraction of sp³-hybridized carbons (Fsp3) is 0.286. The first kappa shape index (κ1) is 14.0. The molecule has 6 nitrogen and oxygen atoms in total. The molecule has 0 aliphatic carbocycles. The maximum atomic E-state index is 5.91. The molecule has 0 fully saturated rings. The van der Waals surface area contributed by atoms with Gasteiger partial charge in [0, 0.05) is 24.8 Å². The molecule has 0 unspecified atom stereocenters. The molecule has 1 aromatic heterocycles. The Morgan fingerprint density at radius 1 is 1.29 bits per heavy atom. The minimum atomic E-state index is 0.294. The summed E-state index contributed by atoms with van der Waals surface area (Å²) in [5, 5.41) is 4.01. The molecule has 0 spiro atoms. The van der Waals surface area contributed by atoms with Crippen LogP contribution >= 0.6 is 11.8 Å². The highest BCUT2D eigenvalue weighted by molar-refractivity contribution is 7.98. The molecule has 1 aliphatic rings. The molecular weight excluding hydrogens is 288 g/mol. The van der Waals surface area contributed by atoms with Crippen LogP contribution in [0, 0.1) is 0 Å². The second-order valence-corrected chi connectivity index (χ2v) is 5.33. The Morgan fingerprint density at radius 2 is 2.14 bits per heavy atom. The van der Waals surface area contributed by atoms with Crippen LogP contribution in [-0.4, -0.2) is 23.0 Å². The SMILES string of the molecule is CSc1ncc(CNCc2ccc3c(c2)OCO3)c(N)n1. The summed E-state index contributed by atoms with van der Waals surface area (Å²) in [4.78, 5) is 8.44. The number of rotatable bonds is 5. The molecule has 2 aromatic rings. The van der Waals surface area contributed by atoms with E-state index in [1.165, 1.54) is 11.8 Å². The van der Waals surface area contributed by atoms with E-state index < -0.39 is 0 Å². The average molecular weight is 304 g/mol. The molecule has 21 heavy (non-hydrogen) atoms. The zero-order chi connectivity index (χ0) is 14.7. The first-order valence-electron chi connectivity index (χ1n) is 6.51. The second-order valence-electron chi connectivity index (χ2n) is 4.56. The number of nitrogen functional groups attached to an aromatic ring is 1. The third-order valence-corrected chi connectivity index (χ3v) is 3.70. The van der Waals surface area contributed by atoms with E-state index in [1.54, 1.807) is 6.20 Å². The number of nitrogens with two attached hydrogens (primary N) is 1. The standard InChI is InChI=1S/C14H16N4O2S/c1-21-14-17-7-10(13(15)18-14)6-16-5-9-2-3-11-12(4-9)20-8-19-11/h2-4,7,16H,5-6,8H2,1H3,(H2,15,17,18). The van der Waals surface area contributed by atoms with Crippen molar-refractivity contribution in [2.24, 2.45) is 0 Å². The molecule has 1 aliphatic heterocycles. The number of benzene rings is 1. The lowest BCUT2D eigenvalue weighted by molar-refractivity contribution is 0.174. The van der Waals surface area contributed by atoms with E-state index in [1.807, 2.05) is 24.5 Å². The maximum Gasteiger partial charge on any atom is 0.231 e. The molecule has 110 valence electrons. The lowest BCUT2D eigenvalue weighted by Gasteiger charge is -2.08. The molecule has 3 N–H and O–H groups in total. The van der Waals surface area contributed by atoms with Crippen molar-refractivity contribution in [3.63, 3.8) is 0 Å². The van der Waals surface area contributed by atoms with Gasteiger partial charge in [0.1, 0.15) is 5.82 Å². The van der Waals surface area contributed by atoms with Gasteiger partial charge in [-0.2, -0.15) is 0 Å². The van der Waals surface area contributed by atoms with Crippen LogP contribution in [0.5, 0.6) is 11.5 Å². The molecule has 3 rings (SSSR count). The predicted octanol–water partition coefficient (Wildman–Crippen LogP) is 1.80. The van der Waals surface area contributed by atoms with Crippen LogP contribution in [0.4, 0.5) is 5.82 Å². The normalized spacial score (nSPS) is 12.6. The number of anilines is 1. The zero-order valence-corrected chi connectivity index (χ0v) is 12.4. The highest BCUT2D eigenvalue weighted by Crippen LogP contribution is 2.32. The Labute approximate surface area is 127 Å². The summed E-state index contributed by atoms with van der Waals surface area (Å²) in [7, 11) is 0. The number of ether oxygens (including phenoxy) is 2. The van der Waals surface area contributed by atoms with Crippen molar-refractivity contribution in [1.29, 1.82) is 0 Å². The van der Waals surface area contributed by atoms with Crippen molar-refractivity contribution in [1.82, 2.24) is 15.3 Å². The van der Waals surface area contributed by atoms with Crippen molar-refractivity contribution in [3.05, 3.63) is 35.5 Å². The summed E-state index contributed by atoms with van der Waals surface area (Å²) in [5.41, 5.74) is 7.93. The van der Waals surface area contributed by atoms with Gasteiger partial charge in [0.05, 0.1) is 0 Å². The van der Waals surface area contributed by atoms with Gasteiger partial charge in [-0.1, -0.05) is 17.8 Å². The third kappa shape index (κ3) is 3.20. The minimum Gasteiger partial charge on any atom is -0.454 e. The summed E-state index contributed by atoms with van der Waals surface area (Å²) < 4.78 is 10.6. The van der Waals surface area contributed by atoms with Gasteiger partial charge < -0.3 is 20.5 Å². The van der Waals surface area contributed by atoms with E-state index in [4.69, 9.17) is 15.2 Å². The van der Waals surface area contributed by atoms with E-state index in [0.717, 1.165) is 22.6 Å². The largest absolute Gasteiger partial charge is 0.454 e. The molecule has 7 heteroatoms. The molecule has 0 atom stereocenters. The topological polar surface area (TPSA) is 82.3 Å². The number of fused-ring (bicyclic) bond motifs is 1. The Hall–Kier alpha value is -1.99. The van der Waals surface area contributed by atoms with E-state index in [2.05, 4.69) is 15.3 Å². The van der Waals surface area contributed by atoms with E-state index in [0.29, 0.717) is 30.9 Å². The molecular formula is C14H16N4O2S. The predicted molar refractivity (Wildman–Crippen MR) is 81.3 cm³/mol. The van der Waals surface area contributed by atoms with Gasteiger partial charge in [0.2, 0.25) is 6.79 Å². The van der Waals surface area contributed by atoms with Crippen molar-refractivity contribution in [3.8, 4) is 11.5 Å². The summed E-state index contributed by atoms with van der Waals surface area (Å²) in [6, 6.07) is 5.91. The Morgan fingerprint density at radius 3 is 2.95 bits per heavy atom. The first-order valence-corrected chi connectivity index (χ1v) is 7.73. The van der Waals surface area contributed by atoms with Gasteiger partial charge in [0.15, 0.2) is 16.7 Å².